The van der Waals surface area contributed by atoms with Gasteiger partial charge in [0.15, 0.2) is 5.78 Å². The van der Waals surface area contributed by atoms with Crippen LogP contribution in [0.15, 0.2) is 60.7 Å². The third kappa shape index (κ3) is 3.67. The summed E-state index contributed by atoms with van der Waals surface area (Å²) >= 11 is 0. The zero-order valence-electron chi connectivity index (χ0n) is 13.2. The molecule has 0 N–H and O–H groups in total. The highest BCUT2D eigenvalue weighted by molar-refractivity contribution is 5.98. The van der Waals surface area contributed by atoms with E-state index in [0.29, 0.717) is 18.5 Å². The quantitative estimate of drug-likeness (QED) is 0.860. The molecule has 1 fully saturated rings. The molecule has 3 rings (SSSR count). The lowest BCUT2D eigenvalue weighted by molar-refractivity contribution is -0.125. The van der Waals surface area contributed by atoms with Crippen LogP contribution in [0.5, 0.6) is 0 Å². The second-order valence-corrected chi connectivity index (χ2v) is 6.01. The zero-order chi connectivity index (χ0) is 16.1. The van der Waals surface area contributed by atoms with Crippen molar-refractivity contribution in [3.05, 3.63) is 71.8 Å². The second-order valence-electron chi connectivity index (χ2n) is 6.01. The predicted molar refractivity (Wildman–Crippen MR) is 90.0 cm³/mol. The molecule has 1 aliphatic carbocycles. The molecule has 3 nitrogen and oxygen atoms in total. The maximum absolute atomic E-state index is 13.0. The summed E-state index contributed by atoms with van der Waals surface area (Å²) in [5, 5.41) is 0. The Morgan fingerprint density at radius 2 is 1.61 bits per heavy atom. The first-order chi connectivity index (χ1) is 11.3. The van der Waals surface area contributed by atoms with E-state index >= 15 is 0 Å². The molecule has 1 unspecified atom stereocenters. The van der Waals surface area contributed by atoms with E-state index < -0.39 is 0 Å². The molecule has 0 radical (unpaired) electrons. The van der Waals surface area contributed by atoms with Gasteiger partial charge in [-0.3, -0.25) is 9.59 Å². The molecule has 0 saturated heterocycles. The lowest BCUT2D eigenvalue weighted by Crippen LogP contribution is -2.46. The zero-order valence-corrected chi connectivity index (χ0v) is 13.2. The number of ketones is 1. The highest BCUT2D eigenvalue weighted by Crippen LogP contribution is 2.23. The van der Waals surface area contributed by atoms with Gasteiger partial charge in [0, 0.05) is 18.5 Å². The molecule has 1 saturated carbocycles. The Morgan fingerprint density at radius 1 is 0.957 bits per heavy atom. The maximum Gasteiger partial charge on any atom is 0.254 e. The monoisotopic (exact) mass is 307 g/mol. The molecule has 0 bridgehead atoms. The summed E-state index contributed by atoms with van der Waals surface area (Å²) < 4.78 is 0. The van der Waals surface area contributed by atoms with Gasteiger partial charge >= 0.3 is 0 Å². The van der Waals surface area contributed by atoms with Crippen LogP contribution in [0.25, 0.3) is 0 Å². The molecule has 0 spiro atoms. The number of benzene rings is 2. The Kier molecular flexibility index (Phi) is 4.86. The van der Waals surface area contributed by atoms with E-state index in [0.717, 1.165) is 24.8 Å². The fourth-order valence-corrected chi connectivity index (χ4v) is 3.14. The average molecular weight is 307 g/mol. The van der Waals surface area contributed by atoms with Crippen LogP contribution >= 0.6 is 0 Å². The summed E-state index contributed by atoms with van der Waals surface area (Å²) in [5.41, 5.74) is 1.69. The number of Topliss-reactive ketones (excluding diaryl/α,β-unsaturated/α-hetero) is 1. The van der Waals surface area contributed by atoms with Crippen molar-refractivity contribution in [3.8, 4) is 0 Å². The topological polar surface area (TPSA) is 37.4 Å². The van der Waals surface area contributed by atoms with Crippen molar-refractivity contribution in [2.75, 3.05) is 0 Å². The van der Waals surface area contributed by atoms with Crippen molar-refractivity contribution >= 4 is 11.7 Å². The van der Waals surface area contributed by atoms with Gasteiger partial charge < -0.3 is 4.90 Å². The smallest absolute Gasteiger partial charge is 0.254 e. The van der Waals surface area contributed by atoms with Gasteiger partial charge in [-0.15, -0.1) is 0 Å². The molecule has 0 heterocycles. The van der Waals surface area contributed by atoms with Crippen molar-refractivity contribution in [1.29, 1.82) is 0 Å². The van der Waals surface area contributed by atoms with Crippen molar-refractivity contribution in [2.24, 2.45) is 0 Å². The van der Waals surface area contributed by atoms with Crippen LogP contribution in [0, 0.1) is 0 Å². The second kappa shape index (κ2) is 7.23. The first-order valence-corrected chi connectivity index (χ1v) is 8.18. The van der Waals surface area contributed by atoms with Crippen molar-refractivity contribution in [2.45, 2.75) is 38.3 Å². The van der Waals surface area contributed by atoms with Crippen LogP contribution in [0.3, 0.4) is 0 Å². The van der Waals surface area contributed by atoms with Gasteiger partial charge in [-0.25, -0.2) is 0 Å². The third-order valence-corrected chi connectivity index (χ3v) is 4.38. The number of nitrogens with zero attached hydrogens (tertiary/aromatic N) is 1. The molecule has 3 heteroatoms. The van der Waals surface area contributed by atoms with Crippen LogP contribution in [-0.4, -0.2) is 22.6 Å². The summed E-state index contributed by atoms with van der Waals surface area (Å²) in [4.78, 5) is 27.1. The van der Waals surface area contributed by atoms with E-state index in [1.807, 2.05) is 60.7 Å². The number of hydrogen-bond donors (Lipinski definition) is 0. The van der Waals surface area contributed by atoms with Crippen molar-refractivity contribution in [3.63, 3.8) is 0 Å². The molecule has 118 valence electrons. The van der Waals surface area contributed by atoms with Crippen LogP contribution in [-0.2, 0) is 11.3 Å². The van der Waals surface area contributed by atoms with E-state index in [1.165, 1.54) is 0 Å². The first kappa shape index (κ1) is 15.5. The molecule has 0 aliphatic heterocycles. The Balaban J connectivity index is 1.89. The maximum atomic E-state index is 13.0. The molecular weight excluding hydrogens is 286 g/mol. The minimum Gasteiger partial charge on any atom is -0.324 e. The minimum absolute atomic E-state index is 0.0605. The van der Waals surface area contributed by atoms with E-state index in [4.69, 9.17) is 0 Å². The van der Waals surface area contributed by atoms with Gasteiger partial charge in [0.25, 0.3) is 5.91 Å². The van der Waals surface area contributed by atoms with E-state index in [-0.39, 0.29) is 17.7 Å². The fourth-order valence-electron chi connectivity index (χ4n) is 3.14. The van der Waals surface area contributed by atoms with Gasteiger partial charge in [0.2, 0.25) is 0 Å². The van der Waals surface area contributed by atoms with Gasteiger partial charge in [-0.2, -0.15) is 0 Å². The Labute approximate surface area is 136 Å². The van der Waals surface area contributed by atoms with E-state index in [1.54, 1.807) is 4.90 Å². The molecule has 2 aromatic rings. The van der Waals surface area contributed by atoms with Crippen LogP contribution < -0.4 is 0 Å². The standard InChI is InChI=1S/C20H21NO2/c22-19-14-8-7-13-18(19)21(15-16-9-3-1-4-10-16)20(23)17-11-5-2-6-12-17/h1-6,9-12,18H,7-8,13-15H2. The lowest BCUT2D eigenvalue weighted by Gasteiger charge is -2.33. The Hall–Kier alpha value is -2.42. The third-order valence-electron chi connectivity index (χ3n) is 4.38. The summed E-state index contributed by atoms with van der Waals surface area (Å²) in [6, 6.07) is 18.8. The lowest BCUT2D eigenvalue weighted by atomic mass is 9.92. The largest absolute Gasteiger partial charge is 0.324 e. The number of rotatable bonds is 4. The number of carbonyl (C=O) groups is 2. The van der Waals surface area contributed by atoms with Crippen LogP contribution in [0.4, 0.5) is 0 Å². The first-order valence-electron chi connectivity index (χ1n) is 8.18. The molecular formula is C20H21NO2. The summed E-state index contributed by atoms with van der Waals surface area (Å²) in [6.07, 6.45) is 3.29. The molecule has 1 aliphatic rings. The SMILES string of the molecule is O=C1CCCCC1N(Cc1ccccc1)C(=O)c1ccccc1. The van der Waals surface area contributed by atoms with E-state index in [2.05, 4.69) is 0 Å². The highest BCUT2D eigenvalue weighted by atomic mass is 16.2. The average Bonchev–Trinajstić information content (AvgIpc) is 2.61. The summed E-state index contributed by atoms with van der Waals surface area (Å²) in [5.74, 6) is 0.131. The normalized spacial score (nSPS) is 17.7. The van der Waals surface area contributed by atoms with Crippen LogP contribution in [0.1, 0.15) is 41.6 Å². The molecule has 1 amide bonds. The summed E-state index contributed by atoms with van der Waals surface area (Å²) in [7, 11) is 0. The number of hydrogen-bond acceptors (Lipinski definition) is 2. The fraction of sp³-hybridized carbons (Fsp3) is 0.300. The Bertz CT molecular complexity index is 667. The Morgan fingerprint density at radius 3 is 2.26 bits per heavy atom. The minimum atomic E-state index is -0.295. The van der Waals surface area contributed by atoms with Gasteiger partial charge in [-0.05, 0) is 30.5 Å². The molecule has 1 atom stereocenters. The van der Waals surface area contributed by atoms with Gasteiger partial charge in [-0.1, -0.05) is 55.0 Å². The summed E-state index contributed by atoms with van der Waals surface area (Å²) in [6.45, 7) is 0.477. The molecule has 0 aromatic heterocycles. The highest BCUT2D eigenvalue weighted by Gasteiger charge is 2.31. The molecule has 2 aromatic carbocycles. The van der Waals surface area contributed by atoms with Gasteiger partial charge in [0.05, 0.1) is 6.04 Å². The van der Waals surface area contributed by atoms with Crippen LogP contribution in [0.2, 0.25) is 0 Å². The molecule has 23 heavy (non-hydrogen) atoms. The van der Waals surface area contributed by atoms with E-state index in [9.17, 15) is 9.59 Å². The predicted octanol–water partition coefficient (Wildman–Crippen LogP) is 3.84. The van der Waals surface area contributed by atoms with Gasteiger partial charge in [0.1, 0.15) is 0 Å². The number of amides is 1. The van der Waals surface area contributed by atoms with Crippen molar-refractivity contribution in [1.82, 2.24) is 4.90 Å². The van der Waals surface area contributed by atoms with Crippen molar-refractivity contribution < 1.29 is 9.59 Å². The number of carbonyl (C=O) groups excluding carboxylic acids is 2.